The summed E-state index contributed by atoms with van der Waals surface area (Å²) in [5.41, 5.74) is 9.02. The first-order valence-electron chi connectivity index (χ1n) is 5.90. The van der Waals surface area contributed by atoms with Gasteiger partial charge in [-0.3, -0.25) is 4.79 Å². The quantitative estimate of drug-likeness (QED) is 0.574. The van der Waals surface area contributed by atoms with Gasteiger partial charge < -0.3 is 5.73 Å². The van der Waals surface area contributed by atoms with Gasteiger partial charge in [0.1, 0.15) is 0 Å². The van der Waals surface area contributed by atoms with Crippen molar-refractivity contribution in [3.05, 3.63) is 28.8 Å². The molecule has 0 atom stereocenters. The third-order valence-corrected chi connectivity index (χ3v) is 1.91. The molecule has 1 aromatic carbocycles. The van der Waals surface area contributed by atoms with Crippen molar-refractivity contribution in [2.75, 3.05) is 5.73 Å². The smallest absolute Gasteiger partial charge is 0.161 e. The van der Waals surface area contributed by atoms with Crippen LogP contribution in [0.15, 0.2) is 12.1 Å². The lowest BCUT2D eigenvalue weighted by molar-refractivity contribution is 0.101. The fraction of sp³-hybridized carbons (Fsp3) is 0.500. The maximum absolute atomic E-state index is 11.1. The molecule has 0 bridgehead atoms. The maximum Gasteiger partial charge on any atom is 0.161 e. The zero-order chi connectivity index (χ0) is 13.3. The molecular weight excluding hydrogens is 198 g/mol. The number of Topliss-reactive ketones (excluding diaryl/α,β-unsaturated/α-hetero) is 1. The van der Waals surface area contributed by atoms with Gasteiger partial charge in [-0.2, -0.15) is 0 Å². The van der Waals surface area contributed by atoms with Gasteiger partial charge in [0.15, 0.2) is 5.78 Å². The molecule has 0 fully saturated rings. The molecule has 2 N–H and O–H groups in total. The number of ketones is 1. The minimum atomic E-state index is 0.0271. The molecule has 0 saturated heterocycles. The summed E-state index contributed by atoms with van der Waals surface area (Å²) in [6.45, 7) is 13.4. The van der Waals surface area contributed by atoms with Crippen LogP contribution in [0.25, 0.3) is 0 Å². The van der Waals surface area contributed by atoms with E-state index < -0.39 is 0 Å². The first-order chi connectivity index (χ1) is 7.52. The first-order valence-corrected chi connectivity index (χ1v) is 5.90. The zero-order valence-electron chi connectivity index (χ0n) is 11.6. The Kier molecular flexibility index (Phi) is 9.57. The van der Waals surface area contributed by atoms with Crippen LogP contribution in [0.2, 0.25) is 0 Å². The van der Waals surface area contributed by atoms with Crippen LogP contribution < -0.4 is 5.73 Å². The lowest BCUT2D eigenvalue weighted by atomic mass is 10.0. The predicted molar refractivity (Wildman–Crippen MR) is 73.0 cm³/mol. The van der Waals surface area contributed by atoms with Gasteiger partial charge in [-0.05, 0) is 38.0 Å². The zero-order valence-corrected chi connectivity index (χ0v) is 11.6. The Hall–Kier alpha value is -1.31. The van der Waals surface area contributed by atoms with Crippen molar-refractivity contribution in [1.29, 1.82) is 0 Å². The van der Waals surface area contributed by atoms with Gasteiger partial charge in [0, 0.05) is 11.3 Å². The van der Waals surface area contributed by atoms with E-state index in [1.807, 2.05) is 53.7 Å². The number of carbonyl (C=O) groups is 1. The molecule has 0 unspecified atom stereocenters. The van der Waals surface area contributed by atoms with Crippen molar-refractivity contribution in [2.45, 2.75) is 48.5 Å². The van der Waals surface area contributed by atoms with Crippen molar-refractivity contribution < 1.29 is 4.79 Å². The molecule has 1 rings (SSSR count). The van der Waals surface area contributed by atoms with Crippen LogP contribution in [0.1, 0.15) is 56.1 Å². The number of nitrogens with two attached hydrogens (primary N) is 1. The Morgan fingerprint density at radius 2 is 1.50 bits per heavy atom. The van der Waals surface area contributed by atoms with Crippen molar-refractivity contribution >= 4 is 11.5 Å². The SMILES string of the molecule is CC.CC.CC(=O)c1cc(C)cc(C)c1N. The second-order valence-corrected chi connectivity index (χ2v) is 3.10. The number of aryl methyl sites for hydroxylation is 2. The molecular formula is C14H25NO. The van der Waals surface area contributed by atoms with Crippen molar-refractivity contribution in [3.8, 4) is 0 Å². The lowest BCUT2D eigenvalue weighted by Crippen LogP contribution is -2.02. The first kappa shape index (κ1) is 17.1. The normalized spacial score (nSPS) is 8.19. The van der Waals surface area contributed by atoms with Gasteiger partial charge in [0.25, 0.3) is 0 Å². The molecule has 0 saturated carbocycles. The Labute approximate surface area is 99.9 Å². The molecule has 0 aliphatic rings. The largest absolute Gasteiger partial charge is 0.398 e. The van der Waals surface area contributed by atoms with E-state index in [4.69, 9.17) is 5.73 Å². The number of benzene rings is 1. The molecule has 16 heavy (non-hydrogen) atoms. The maximum atomic E-state index is 11.1. The Balaban J connectivity index is 0. The van der Waals surface area contributed by atoms with Crippen molar-refractivity contribution in [1.82, 2.24) is 0 Å². The van der Waals surface area contributed by atoms with Crippen LogP contribution in [-0.2, 0) is 0 Å². The highest BCUT2D eigenvalue weighted by Gasteiger charge is 2.06. The Morgan fingerprint density at radius 3 is 1.88 bits per heavy atom. The third-order valence-electron chi connectivity index (χ3n) is 1.91. The van der Waals surface area contributed by atoms with E-state index in [2.05, 4.69) is 0 Å². The van der Waals surface area contributed by atoms with Gasteiger partial charge in [-0.1, -0.05) is 33.8 Å². The molecule has 0 radical (unpaired) electrons. The number of hydrogen-bond acceptors (Lipinski definition) is 2. The molecule has 92 valence electrons. The van der Waals surface area contributed by atoms with Crippen LogP contribution in [0.5, 0.6) is 0 Å². The summed E-state index contributed by atoms with van der Waals surface area (Å²) < 4.78 is 0. The fourth-order valence-corrected chi connectivity index (χ4v) is 1.27. The molecule has 0 aliphatic carbocycles. The average Bonchev–Trinajstić information content (AvgIpc) is 2.28. The summed E-state index contributed by atoms with van der Waals surface area (Å²) in [6, 6.07) is 3.80. The van der Waals surface area contributed by atoms with E-state index >= 15 is 0 Å². The van der Waals surface area contributed by atoms with Crippen LogP contribution in [0.4, 0.5) is 5.69 Å². The topological polar surface area (TPSA) is 43.1 Å². The summed E-state index contributed by atoms with van der Waals surface area (Å²) in [5.74, 6) is 0.0271. The molecule has 0 aliphatic heterocycles. The van der Waals surface area contributed by atoms with E-state index in [-0.39, 0.29) is 5.78 Å². The fourth-order valence-electron chi connectivity index (χ4n) is 1.27. The summed E-state index contributed by atoms with van der Waals surface area (Å²) >= 11 is 0. The molecule has 0 spiro atoms. The minimum Gasteiger partial charge on any atom is -0.398 e. The van der Waals surface area contributed by atoms with Gasteiger partial charge in [0.2, 0.25) is 0 Å². The monoisotopic (exact) mass is 223 g/mol. The Bertz CT molecular complexity index is 330. The van der Waals surface area contributed by atoms with Gasteiger partial charge >= 0.3 is 0 Å². The average molecular weight is 223 g/mol. The number of anilines is 1. The van der Waals surface area contributed by atoms with E-state index in [1.54, 1.807) is 0 Å². The van der Waals surface area contributed by atoms with E-state index in [1.165, 1.54) is 6.92 Å². The number of nitrogen functional groups attached to an aromatic ring is 1. The standard InChI is InChI=1S/C10H13NO.2C2H6/c1-6-4-7(2)10(11)9(5-6)8(3)12;2*1-2/h4-5H,11H2,1-3H3;2*1-2H3. The van der Waals surface area contributed by atoms with Crippen LogP contribution >= 0.6 is 0 Å². The highest BCUT2D eigenvalue weighted by atomic mass is 16.1. The third kappa shape index (κ3) is 4.96. The molecule has 0 heterocycles. The van der Waals surface area contributed by atoms with Gasteiger partial charge in [-0.15, -0.1) is 0 Å². The van der Waals surface area contributed by atoms with Gasteiger partial charge in [0.05, 0.1) is 0 Å². The van der Waals surface area contributed by atoms with E-state index in [0.29, 0.717) is 11.3 Å². The molecule has 0 amide bonds. The Morgan fingerprint density at radius 1 is 1.06 bits per heavy atom. The highest BCUT2D eigenvalue weighted by molar-refractivity contribution is 5.99. The molecule has 0 aromatic heterocycles. The van der Waals surface area contributed by atoms with Crippen molar-refractivity contribution in [3.63, 3.8) is 0 Å². The summed E-state index contributed by atoms with van der Waals surface area (Å²) in [5, 5.41) is 0. The lowest BCUT2D eigenvalue weighted by Gasteiger charge is -2.06. The molecule has 2 nitrogen and oxygen atoms in total. The number of rotatable bonds is 1. The van der Waals surface area contributed by atoms with E-state index in [0.717, 1.165) is 11.1 Å². The molecule has 1 aromatic rings. The van der Waals surface area contributed by atoms with Crippen LogP contribution in [0.3, 0.4) is 0 Å². The van der Waals surface area contributed by atoms with Gasteiger partial charge in [-0.25, -0.2) is 0 Å². The van der Waals surface area contributed by atoms with Crippen LogP contribution in [-0.4, -0.2) is 5.78 Å². The number of hydrogen-bond donors (Lipinski definition) is 1. The number of carbonyl (C=O) groups excluding carboxylic acids is 1. The van der Waals surface area contributed by atoms with E-state index in [9.17, 15) is 4.79 Å². The second kappa shape index (κ2) is 8.96. The molecule has 2 heteroatoms. The minimum absolute atomic E-state index is 0.0271. The van der Waals surface area contributed by atoms with Crippen LogP contribution in [0, 0.1) is 13.8 Å². The predicted octanol–water partition coefficient (Wildman–Crippen LogP) is 4.14. The highest BCUT2D eigenvalue weighted by Crippen LogP contribution is 2.19. The summed E-state index contributed by atoms with van der Waals surface area (Å²) in [6.07, 6.45) is 0. The summed E-state index contributed by atoms with van der Waals surface area (Å²) in [7, 11) is 0. The summed E-state index contributed by atoms with van der Waals surface area (Å²) in [4.78, 5) is 11.1. The van der Waals surface area contributed by atoms with Crippen molar-refractivity contribution in [2.24, 2.45) is 0 Å². The second-order valence-electron chi connectivity index (χ2n) is 3.10.